The molecule has 1 amide bonds. The number of amides is 1. The SMILES string of the molecule is O=C(Cc1ccc(F)cc1Cl)Nc1ccc(-n2nn[nH]c2=O)cc1. The van der Waals surface area contributed by atoms with E-state index in [1.807, 2.05) is 0 Å². The molecule has 3 aromatic rings. The lowest BCUT2D eigenvalue weighted by molar-refractivity contribution is -0.115. The van der Waals surface area contributed by atoms with Crippen LogP contribution in [0.5, 0.6) is 0 Å². The largest absolute Gasteiger partial charge is 0.365 e. The zero-order valence-electron chi connectivity index (χ0n) is 12.2. The first kappa shape index (κ1) is 15.9. The summed E-state index contributed by atoms with van der Waals surface area (Å²) in [6.07, 6.45) is 0.0175. The molecule has 0 aliphatic rings. The Kier molecular flexibility index (Phi) is 4.39. The molecule has 0 bridgehead atoms. The summed E-state index contributed by atoms with van der Waals surface area (Å²) in [5.74, 6) is -0.752. The molecule has 0 aliphatic heterocycles. The zero-order valence-corrected chi connectivity index (χ0v) is 12.9. The molecular formula is C15H11ClFN5O2. The number of anilines is 1. The summed E-state index contributed by atoms with van der Waals surface area (Å²) >= 11 is 5.90. The smallest absolute Gasteiger partial charge is 0.326 e. The third-order valence-electron chi connectivity index (χ3n) is 3.23. The van der Waals surface area contributed by atoms with Gasteiger partial charge in [-0.15, -0.1) is 0 Å². The molecule has 0 saturated carbocycles. The van der Waals surface area contributed by atoms with Gasteiger partial charge in [-0.05, 0) is 52.4 Å². The van der Waals surface area contributed by atoms with Crippen molar-refractivity contribution in [3.63, 3.8) is 0 Å². The number of nitrogens with zero attached hydrogens (tertiary/aromatic N) is 3. The highest BCUT2D eigenvalue weighted by atomic mass is 35.5. The van der Waals surface area contributed by atoms with Crippen LogP contribution in [-0.4, -0.2) is 26.1 Å². The highest BCUT2D eigenvalue weighted by Gasteiger charge is 2.09. The van der Waals surface area contributed by atoms with Crippen LogP contribution in [0.2, 0.25) is 5.02 Å². The van der Waals surface area contributed by atoms with E-state index in [4.69, 9.17) is 11.6 Å². The van der Waals surface area contributed by atoms with Crippen LogP contribution >= 0.6 is 11.6 Å². The summed E-state index contributed by atoms with van der Waals surface area (Å²) in [6.45, 7) is 0. The highest BCUT2D eigenvalue weighted by molar-refractivity contribution is 6.31. The maximum atomic E-state index is 13.0. The van der Waals surface area contributed by atoms with Gasteiger partial charge in [0.05, 0.1) is 12.1 Å². The van der Waals surface area contributed by atoms with E-state index in [9.17, 15) is 14.0 Å². The quantitative estimate of drug-likeness (QED) is 0.754. The summed E-state index contributed by atoms with van der Waals surface area (Å²) in [4.78, 5) is 23.5. The van der Waals surface area contributed by atoms with Gasteiger partial charge in [0.2, 0.25) is 5.91 Å². The minimum atomic E-state index is -0.460. The highest BCUT2D eigenvalue weighted by Crippen LogP contribution is 2.18. The molecule has 0 fully saturated rings. The van der Waals surface area contributed by atoms with Crippen LogP contribution < -0.4 is 11.0 Å². The number of hydrogen-bond acceptors (Lipinski definition) is 4. The molecule has 0 atom stereocenters. The molecule has 2 N–H and O–H groups in total. The minimum Gasteiger partial charge on any atom is -0.326 e. The van der Waals surface area contributed by atoms with Gasteiger partial charge < -0.3 is 5.32 Å². The number of hydrogen-bond donors (Lipinski definition) is 2. The van der Waals surface area contributed by atoms with Gasteiger partial charge in [0, 0.05) is 10.7 Å². The number of halogens is 2. The molecule has 0 spiro atoms. The van der Waals surface area contributed by atoms with E-state index in [1.165, 1.54) is 12.1 Å². The summed E-state index contributed by atoms with van der Waals surface area (Å²) in [5.41, 5.74) is 1.12. The number of nitrogens with one attached hydrogen (secondary N) is 2. The monoisotopic (exact) mass is 347 g/mol. The van der Waals surface area contributed by atoms with E-state index in [0.717, 1.165) is 10.7 Å². The van der Waals surface area contributed by atoms with Gasteiger partial charge >= 0.3 is 5.69 Å². The lowest BCUT2D eigenvalue weighted by Gasteiger charge is -2.07. The van der Waals surface area contributed by atoms with Gasteiger partial charge in [-0.3, -0.25) is 4.79 Å². The molecule has 122 valence electrons. The Hall–Kier alpha value is -3.00. The Morgan fingerprint density at radius 3 is 2.62 bits per heavy atom. The number of aromatic amines is 1. The van der Waals surface area contributed by atoms with Gasteiger partial charge in [-0.2, -0.15) is 4.68 Å². The lowest BCUT2D eigenvalue weighted by atomic mass is 10.1. The molecule has 0 aliphatic carbocycles. The Balaban J connectivity index is 1.68. The summed E-state index contributed by atoms with van der Waals surface area (Å²) in [7, 11) is 0. The molecule has 3 rings (SSSR count). The Morgan fingerprint density at radius 1 is 1.25 bits per heavy atom. The molecule has 24 heavy (non-hydrogen) atoms. The van der Waals surface area contributed by atoms with Crippen molar-refractivity contribution in [2.24, 2.45) is 0 Å². The maximum Gasteiger partial charge on any atom is 0.365 e. The second kappa shape index (κ2) is 6.63. The third kappa shape index (κ3) is 3.49. The van der Waals surface area contributed by atoms with Crippen LogP contribution in [-0.2, 0) is 11.2 Å². The van der Waals surface area contributed by atoms with Gasteiger partial charge in [-0.1, -0.05) is 17.7 Å². The van der Waals surface area contributed by atoms with Crippen molar-refractivity contribution in [2.45, 2.75) is 6.42 Å². The van der Waals surface area contributed by atoms with Crippen LogP contribution in [0.15, 0.2) is 47.3 Å². The Labute approximate surface area is 140 Å². The zero-order chi connectivity index (χ0) is 17.1. The molecule has 7 nitrogen and oxygen atoms in total. The minimum absolute atomic E-state index is 0.0175. The topological polar surface area (TPSA) is 92.7 Å². The number of carbonyl (C=O) groups excluding carboxylic acids is 1. The fourth-order valence-electron chi connectivity index (χ4n) is 2.10. The maximum absolute atomic E-state index is 13.0. The first-order chi connectivity index (χ1) is 11.5. The van der Waals surface area contributed by atoms with Crippen molar-refractivity contribution in [1.29, 1.82) is 0 Å². The standard InChI is InChI=1S/C15H11ClFN5O2/c16-13-8-10(17)2-1-9(13)7-14(23)18-11-3-5-12(6-4-11)22-15(24)19-20-21-22/h1-6,8H,7H2,(H,18,23)(H,19,21,24). The van der Waals surface area contributed by atoms with Crippen molar-refractivity contribution in [2.75, 3.05) is 5.32 Å². The molecular weight excluding hydrogens is 337 g/mol. The molecule has 2 aromatic carbocycles. The van der Waals surface area contributed by atoms with Gasteiger partial charge in [0.1, 0.15) is 5.82 Å². The normalized spacial score (nSPS) is 10.6. The number of H-pyrrole nitrogens is 1. The van der Waals surface area contributed by atoms with Crippen LogP contribution in [0.1, 0.15) is 5.56 Å². The van der Waals surface area contributed by atoms with E-state index < -0.39 is 11.5 Å². The van der Waals surface area contributed by atoms with E-state index >= 15 is 0 Å². The van der Waals surface area contributed by atoms with Crippen molar-refractivity contribution in [1.82, 2.24) is 20.2 Å². The number of tetrazole rings is 1. The predicted octanol–water partition coefficient (Wildman–Crippen LogP) is 1.93. The van der Waals surface area contributed by atoms with Crippen LogP contribution in [0, 0.1) is 5.82 Å². The molecule has 0 saturated heterocycles. The second-order valence-corrected chi connectivity index (χ2v) is 5.33. The number of benzene rings is 2. The summed E-state index contributed by atoms with van der Waals surface area (Å²) in [6, 6.07) is 10.4. The van der Waals surface area contributed by atoms with E-state index in [-0.39, 0.29) is 17.4 Å². The molecule has 1 heterocycles. The van der Waals surface area contributed by atoms with E-state index in [1.54, 1.807) is 24.3 Å². The fraction of sp³-hybridized carbons (Fsp3) is 0.0667. The van der Waals surface area contributed by atoms with Crippen molar-refractivity contribution >= 4 is 23.2 Å². The summed E-state index contributed by atoms with van der Waals surface area (Å²) < 4.78 is 14.1. The molecule has 1 aromatic heterocycles. The average molecular weight is 348 g/mol. The van der Waals surface area contributed by atoms with Gasteiger partial charge in [0.15, 0.2) is 0 Å². The lowest BCUT2D eigenvalue weighted by Crippen LogP contribution is -2.17. The van der Waals surface area contributed by atoms with Crippen LogP contribution in [0.25, 0.3) is 5.69 Å². The van der Waals surface area contributed by atoms with Crippen LogP contribution in [0.3, 0.4) is 0 Å². The number of carbonyl (C=O) groups is 1. The van der Waals surface area contributed by atoms with Gasteiger partial charge in [0.25, 0.3) is 0 Å². The Bertz CT molecular complexity index is 936. The summed E-state index contributed by atoms with van der Waals surface area (Å²) in [5, 5.41) is 12.1. The van der Waals surface area contributed by atoms with Crippen molar-refractivity contribution in [3.8, 4) is 5.69 Å². The Morgan fingerprint density at radius 2 is 2.00 bits per heavy atom. The number of rotatable bonds is 4. The van der Waals surface area contributed by atoms with Gasteiger partial charge in [-0.25, -0.2) is 14.3 Å². The second-order valence-electron chi connectivity index (χ2n) is 4.93. The first-order valence-electron chi connectivity index (χ1n) is 6.87. The third-order valence-corrected chi connectivity index (χ3v) is 3.59. The molecule has 9 heteroatoms. The van der Waals surface area contributed by atoms with Crippen molar-refractivity contribution in [3.05, 3.63) is 69.4 Å². The van der Waals surface area contributed by atoms with Crippen LogP contribution in [0.4, 0.5) is 10.1 Å². The predicted molar refractivity (Wildman–Crippen MR) is 85.7 cm³/mol. The van der Waals surface area contributed by atoms with Crippen molar-refractivity contribution < 1.29 is 9.18 Å². The number of aromatic nitrogens is 4. The first-order valence-corrected chi connectivity index (χ1v) is 7.25. The molecule has 0 radical (unpaired) electrons. The van der Waals surface area contributed by atoms with E-state index in [0.29, 0.717) is 16.9 Å². The molecule has 0 unspecified atom stereocenters. The average Bonchev–Trinajstić information content (AvgIpc) is 2.97. The fourth-order valence-corrected chi connectivity index (χ4v) is 2.33. The van der Waals surface area contributed by atoms with E-state index in [2.05, 4.69) is 20.8 Å².